The summed E-state index contributed by atoms with van der Waals surface area (Å²) in [7, 11) is 0. The van der Waals surface area contributed by atoms with Gasteiger partial charge < -0.3 is 0 Å². The maximum atomic E-state index is 3.27. The third kappa shape index (κ3) is 1.55. The number of imidazole rings is 1. The first-order valence-corrected chi connectivity index (χ1v) is 4.93. The number of H-pyrrole nitrogens is 1. The van der Waals surface area contributed by atoms with Crippen LogP contribution in [-0.4, -0.2) is 4.98 Å². The number of aromatic nitrogens is 2. The Morgan fingerprint density at radius 3 is 2.50 bits per heavy atom. The molecular formula is C12H15N2+. The Labute approximate surface area is 84.2 Å². The Kier molecular flexibility index (Phi) is 2.35. The molecule has 2 nitrogen and oxygen atoms in total. The first kappa shape index (κ1) is 9.00. The summed E-state index contributed by atoms with van der Waals surface area (Å²) in [6, 6.07) is 10.4. The number of para-hydroxylation sites is 1. The minimum atomic E-state index is 0.505. The summed E-state index contributed by atoms with van der Waals surface area (Å²) in [6.45, 7) is 4.37. The van der Waals surface area contributed by atoms with Gasteiger partial charge in [0.15, 0.2) is 0 Å². The first-order chi connectivity index (χ1) is 6.79. The molecule has 0 saturated carbocycles. The highest BCUT2D eigenvalue weighted by Crippen LogP contribution is 2.08. The van der Waals surface area contributed by atoms with Crippen LogP contribution in [0.2, 0.25) is 0 Å². The Morgan fingerprint density at radius 2 is 1.86 bits per heavy atom. The van der Waals surface area contributed by atoms with Gasteiger partial charge in [0.2, 0.25) is 0 Å². The molecule has 0 aliphatic rings. The van der Waals surface area contributed by atoms with E-state index in [9.17, 15) is 0 Å². The average Bonchev–Trinajstić information content (AvgIpc) is 2.67. The van der Waals surface area contributed by atoms with E-state index in [1.807, 2.05) is 12.3 Å². The Balaban J connectivity index is 2.47. The number of benzene rings is 1. The molecule has 0 amide bonds. The summed E-state index contributed by atoms with van der Waals surface area (Å²) in [6.07, 6.45) is 4.03. The van der Waals surface area contributed by atoms with Crippen LogP contribution >= 0.6 is 0 Å². The lowest BCUT2D eigenvalue weighted by atomic mass is 10.2. The molecule has 0 radical (unpaired) electrons. The zero-order valence-corrected chi connectivity index (χ0v) is 8.57. The minimum absolute atomic E-state index is 0.505. The molecule has 0 spiro atoms. The van der Waals surface area contributed by atoms with Crippen molar-refractivity contribution in [2.45, 2.75) is 19.8 Å². The van der Waals surface area contributed by atoms with Gasteiger partial charge in [-0.25, -0.2) is 4.98 Å². The van der Waals surface area contributed by atoms with Crippen LogP contribution in [0.1, 0.15) is 25.6 Å². The Morgan fingerprint density at radius 1 is 1.14 bits per heavy atom. The second-order valence-corrected chi connectivity index (χ2v) is 3.71. The smallest absolute Gasteiger partial charge is 0.247 e. The van der Waals surface area contributed by atoms with E-state index in [-0.39, 0.29) is 0 Å². The second kappa shape index (κ2) is 3.66. The van der Waals surface area contributed by atoms with Crippen molar-refractivity contribution in [3.63, 3.8) is 0 Å². The van der Waals surface area contributed by atoms with Gasteiger partial charge in [0.05, 0.1) is 5.92 Å². The van der Waals surface area contributed by atoms with Crippen LogP contribution in [0.5, 0.6) is 0 Å². The van der Waals surface area contributed by atoms with E-state index in [0.717, 1.165) is 0 Å². The van der Waals surface area contributed by atoms with Crippen LogP contribution in [0.15, 0.2) is 42.7 Å². The molecule has 2 heteroatoms. The van der Waals surface area contributed by atoms with E-state index in [4.69, 9.17) is 0 Å². The van der Waals surface area contributed by atoms with E-state index in [0.29, 0.717) is 5.92 Å². The standard InChI is InChI=1S/C12H14N2/c1-10(2)12-13-8-9-14(12)11-6-4-3-5-7-11/h3-10H,1-2H3/p+1. The molecule has 0 aliphatic heterocycles. The molecule has 1 N–H and O–H groups in total. The van der Waals surface area contributed by atoms with Gasteiger partial charge in [-0.3, -0.25) is 0 Å². The van der Waals surface area contributed by atoms with Crippen LogP contribution in [0.3, 0.4) is 0 Å². The fourth-order valence-corrected chi connectivity index (χ4v) is 1.61. The summed E-state index contributed by atoms with van der Waals surface area (Å²) in [5, 5.41) is 0. The lowest BCUT2D eigenvalue weighted by molar-refractivity contribution is -0.604. The van der Waals surface area contributed by atoms with E-state index >= 15 is 0 Å². The van der Waals surface area contributed by atoms with Gasteiger partial charge in [-0.05, 0) is 12.1 Å². The van der Waals surface area contributed by atoms with E-state index < -0.39 is 0 Å². The number of aromatic amines is 1. The van der Waals surface area contributed by atoms with Gasteiger partial charge in [-0.2, -0.15) is 4.57 Å². The number of hydrogen-bond donors (Lipinski definition) is 1. The summed E-state index contributed by atoms with van der Waals surface area (Å²) in [5.41, 5.74) is 1.21. The predicted molar refractivity (Wildman–Crippen MR) is 56.4 cm³/mol. The zero-order chi connectivity index (χ0) is 9.97. The molecule has 72 valence electrons. The number of rotatable bonds is 2. The molecule has 0 fully saturated rings. The summed E-state index contributed by atoms with van der Waals surface area (Å²) >= 11 is 0. The zero-order valence-electron chi connectivity index (χ0n) is 8.57. The molecule has 1 heterocycles. The average molecular weight is 187 g/mol. The minimum Gasteiger partial charge on any atom is -0.247 e. The Bertz CT molecular complexity index is 401. The molecular weight excluding hydrogens is 172 g/mol. The molecule has 0 saturated heterocycles. The molecule has 2 rings (SSSR count). The fraction of sp³-hybridized carbons (Fsp3) is 0.250. The van der Waals surface area contributed by atoms with Crippen LogP contribution in [0.4, 0.5) is 0 Å². The van der Waals surface area contributed by atoms with E-state index in [1.54, 1.807) is 0 Å². The van der Waals surface area contributed by atoms with Gasteiger partial charge >= 0.3 is 0 Å². The lowest BCUT2D eigenvalue weighted by Gasteiger charge is -2.01. The molecule has 2 aromatic rings. The van der Waals surface area contributed by atoms with Crippen LogP contribution in [0.25, 0.3) is 5.69 Å². The third-order valence-electron chi connectivity index (χ3n) is 2.30. The van der Waals surface area contributed by atoms with E-state index in [1.165, 1.54) is 11.5 Å². The highest BCUT2D eigenvalue weighted by atomic mass is 15.1. The fourth-order valence-electron chi connectivity index (χ4n) is 1.61. The van der Waals surface area contributed by atoms with Crippen molar-refractivity contribution in [3.05, 3.63) is 48.5 Å². The molecule has 0 atom stereocenters. The highest BCUT2D eigenvalue weighted by Gasteiger charge is 2.15. The van der Waals surface area contributed by atoms with Gasteiger partial charge in [0.25, 0.3) is 5.82 Å². The summed E-state index contributed by atoms with van der Waals surface area (Å²) in [4.78, 5) is 3.27. The van der Waals surface area contributed by atoms with Crippen LogP contribution in [0, 0.1) is 0 Å². The van der Waals surface area contributed by atoms with Crippen LogP contribution in [-0.2, 0) is 0 Å². The van der Waals surface area contributed by atoms with Gasteiger partial charge in [-0.1, -0.05) is 32.0 Å². The predicted octanol–water partition coefficient (Wildman–Crippen LogP) is 2.41. The van der Waals surface area contributed by atoms with Crippen molar-refractivity contribution in [2.75, 3.05) is 0 Å². The SMILES string of the molecule is CC(C)c1[nH]cc[n+]1-c1ccccc1. The monoisotopic (exact) mass is 187 g/mol. The number of hydrogen-bond acceptors (Lipinski definition) is 0. The quantitative estimate of drug-likeness (QED) is 0.697. The molecule has 0 bridgehead atoms. The third-order valence-corrected chi connectivity index (χ3v) is 2.30. The van der Waals surface area contributed by atoms with Crippen molar-refractivity contribution in [1.82, 2.24) is 4.98 Å². The highest BCUT2D eigenvalue weighted by molar-refractivity contribution is 5.21. The molecule has 0 unspecified atom stereocenters. The molecule has 1 aromatic carbocycles. The maximum absolute atomic E-state index is 3.27. The van der Waals surface area contributed by atoms with Gasteiger partial charge in [0.1, 0.15) is 18.1 Å². The Hall–Kier alpha value is -1.57. The van der Waals surface area contributed by atoms with Gasteiger partial charge in [-0.15, -0.1) is 0 Å². The van der Waals surface area contributed by atoms with Crippen molar-refractivity contribution in [1.29, 1.82) is 0 Å². The number of nitrogens with zero attached hydrogens (tertiary/aromatic N) is 1. The molecule has 0 aliphatic carbocycles. The molecule has 14 heavy (non-hydrogen) atoms. The topological polar surface area (TPSA) is 19.7 Å². The summed E-state index contributed by atoms with van der Waals surface area (Å²) < 4.78 is 2.19. The van der Waals surface area contributed by atoms with Crippen molar-refractivity contribution < 1.29 is 4.57 Å². The molecule has 1 aromatic heterocycles. The first-order valence-electron chi connectivity index (χ1n) is 4.93. The summed E-state index contributed by atoms with van der Waals surface area (Å²) in [5.74, 6) is 1.74. The maximum Gasteiger partial charge on any atom is 0.261 e. The lowest BCUT2D eigenvalue weighted by Crippen LogP contribution is -2.33. The van der Waals surface area contributed by atoms with Gasteiger partial charge in [0, 0.05) is 0 Å². The van der Waals surface area contributed by atoms with Crippen LogP contribution < -0.4 is 4.57 Å². The normalized spacial score (nSPS) is 10.8. The second-order valence-electron chi connectivity index (χ2n) is 3.71. The van der Waals surface area contributed by atoms with Crippen molar-refractivity contribution in [3.8, 4) is 5.69 Å². The van der Waals surface area contributed by atoms with Crippen molar-refractivity contribution >= 4 is 0 Å². The van der Waals surface area contributed by atoms with E-state index in [2.05, 4.69) is 53.9 Å². The number of nitrogens with one attached hydrogen (secondary N) is 1. The van der Waals surface area contributed by atoms with Crippen molar-refractivity contribution in [2.24, 2.45) is 0 Å². The largest absolute Gasteiger partial charge is 0.261 e.